The molecule has 0 amide bonds. The maximum absolute atomic E-state index is 7.43. The van der Waals surface area contributed by atoms with Gasteiger partial charge in [0.1, 0.15) is 28.9 Å². The lowest BCUT2D eigenvalue weighted by atomic mass is 10.2. The molecule has 94 valence electrons. The lowest BCUT2D eigenvalue weighted by molar-refractivity contribution is 0.303. The Morgan fingerprint density at radius 2 is 2.17 bits per heavy atom. The summed E-state index contributed by atoms with van der Waals surface area (Å²) in [4.78, 5) is 4.13. The molecule has 0 saturated heterocycles. The van der Waals surface area contributed by atoms with Crippen molar-refractivity contribution in [3.8, 4) is 11.5 Å². The third-order valence-corrected chi connectivity index (χ3v) is 3.03. The molecular weight excluding hydrogens is 250 g/mol. The highest BCUT2D eigenvalue weighted by Crippen LogP contribution is 2.23. The standard InChI is InChI=1S/C12H13N3O2S/c1-16-9-4-8(12(13)14)5-10(6-9)17-7-11-15-2-3-18-11/h2-6H,7H2,1H3,(H3,13,14). The number of methoxy groups -OCH3 is 1. The van der Waals surface area contributed by atoms with Crippen LogP contribution in [-0.4, -0.2) is 17.9 Å². The van der Waals surface area contributed by atoms with Gasteiger partial charge in [0.2, 0.25) is 0 Å². The number of nitrogens with zero attached hydrogens (tertiary/aromatic N) is 1. The molecule has 0 bridgehead atoms. The molecule has 0 unspecified atom stereocenters. The van der Waals surface area contributed by atoms with Crippen molar-refractivity contribution >= 4 is 17.2 Å². The van der Waals surface area contributed by atoms with E-state index in [0.717, 1.165) is 5.01 Å². The Kier molecular flexibility index (Phi) is 3.78. The van der Waals surface area contributed by atoms with Gasteiger partial charge in [-0.15, -0.1) is 11.3 Å². The van der Waals surface area contributed by atoms with Crippen LogP contribution in [0.5, 0.6) is 11.5 Å². The second-order valence-electron chi connectivity index (χ2n) is 3.53. The normalized spacial score (nSPS) is 10.1. The largest absolute Gasteiger partial charge is 0.497 e. The number of thiazole rings is 1. The van der Waals surface area contributed by atoms with Crippen molar-refractivity contribution in [2.24, 2.45) is 5.73 Å². The van der Waals surface area contributed by atoms with Crippen LogP contribution < -0.4 is 15.2 Å². The maximum atomic E-state index is 7.43. The Balaban J connectivity index is 2.16. The zero-order valence-electron chi connectivity index (χ0n) is 9.84. The van der Waals surface area contributed by atoms with Crippen molar-refractivity contribution in [2.75, 3.05) is 7.11 Å². The van der Waals surface area contributed by atoms with Crippen molar-refractivity contribution < 1.29 is 9.47 Å². The summed E-state index contributed by atoms with van der Waals surface area (Å²) >= 11 is 1.53. The number of nitrogen functional groups attached to an aromatic ring is 1. The Labute approximate surface area is 109 Å². The van der Waals surface area contributed by atoms with Crippen LogP contribution in [-0.2, 0) is 6.61 Å². The van der Waals surface area contributed by atoms with E-state index in [2.05, 4.69) is 4.98 Å². The predicted octanol–water partition coefficient (Wildman–Crippen LogP) is 2.01. The smallest absolute Gasteiger partial charge is 0.140 e. The molecule has 0 aliphatic rings. The lowest BCUT2D eigenvalue weighted by Gasteiger charge is -2.09. The highest BCUT2D eigenvalue weighted by atomic mass is 32.1. The van der Waals surface area contributed by atoms with Gasteiger partial charge in [-0.05, 0) is 12.1 Å². The van der Waals surface area contributed by atoms with Crippen LogP contribution in [0.25, 0.3) is 0 Å². The van der Waals surface area contributed by atoms with E-state index in [4.69, 9.17) is 20.6 Å². The number of nitrogens with one attached hydrogen (secondary N) is 1. The van der Waals surface area contributed by atoms with E-state index in [-0.39, 0.29) is 5.84 Å². The second-order valence-corrected chi connectivity index (χ2v) is 4.50. The van der Waals surface area contributed by atoms with Crippen molar-refractivity contribution in [3.05, 3.63) is 40.3 Å². The number of nitrogens with two attached hydrogens (primary N) is 1. The van der Waals surface area contributed by atoms with E-state index in [9.17, 15) is 0 Å². The van der Waals surface area contributed by atoms with Gasteiger partial charge in [0, 0.05) is 23.2 Å². The fourth-order valence-corrected chi connectivity index (χ4v) is 1.93. The molecule has 6 heteroatoms. The van der Waals surface area contributed by atoms with Gasteiger partial charge in [-0.25, -0.2) is 4.98 Å². The summed E-state index contributed by atoms with van der Waals surface area (Å²) < 4.78 is 10.7. The number of benzene rings is 1. The molecule has 2 aromatic rings. The topological polar surface area (TPSA) is 81.2 Å². The first kappa shape index (κ1) is 12.4. The van der Waals surface area contributed by atoms with Crippen LogP contribution in [0.15, 0.2) is 29.8 Å². The van der Waals surface area contributed by atoms with Gasteiger partial charge in [-0.2, -0.15) is 0 Å². The Bertz CT molecular complexity index is 540. The number of rotatable bonds is 5. The lowest BCUT2D eigenvalue weighted by Crippen LogP contribution is -2.11. The van der Waals surface area contributed by atoms with Gasteiger partial charge in [0.25, 0.3) is 0 Å². The fraction of sp³-hybridized carbons (Fsp3) is 0.167. The Hall–Kier alpha value is -2.08. The van der Waals surface area contributed by atoms with Crippen LogP contribution in [0.3, 0.4) is 0 Å². The minimum Gasteiger partial charge on any atom is -0.497 e. The third kappa shape index (κ3) is 2.98. The summed E-state index contributed by atoms with van der Waals surface area (Å²) in [6.45, 7) is 0.391. The summed E-state index contributed by atoms with van der Waals surface area (Å²) in [6, 6.07) is 5.15. The summed E-state index contributed by atoms with van der Waals surface area (Å²) in [5.74, 6) is 1.19. The molecule has 0 aliphatic carbocycles. The molecule has 0 saturated carbocycles. The van der Waals surface area contributed by atoms with Crippen LogP contribution in [0.1, 0.15) is 10.6 Å². The zero-order chi connectivity index (χ0) is 13.0. The molecule has 0 fully saturated rings. The average molecular weight is 263 g/mol. The molecule has 5 nitrogen and oxygen atoms in total. The van der Waals surface area contributed by atoms with E-state index in [1.165, 1.54) is 11.3 Å². The summed E-state index contributed by atoms with van der Waals surface area (Å²) in [6.07, 6.45) is 1.73. The fourth-order valence-electron chi connectivity index (χ4n) is 1.40. The highest BCUT2D eigenvalue weighted by molar-refractivity contribution is 7.09. The SMILES string of the molecule is COc1cc(OCc2nccs2)cc(C(=N)N)c1. The van der Waals surface area contributed by atoms with E-state index < -0.39 is 0 Å². The van der Waals surface area contributed by atoms with Gasteiger partial charge in [0.05, 0.1) is 7.11 Å². The van der Waals surface area contributed by atoms with Crippen LogP contribution >= 0.6 is 11.3 Å². The van der Waals surface area contributed by atoms with E-state index in [0.29, 0.717) is 23.7 Å². The second kappa shape index (κ2) is 5.50. The summed E-state index contributed by atoms with van der Waals surface area (Å²) in [7, 11) is 1.56. The molecule has 2 rings (SSSR count). The molecule has 3 N–H and O–H groups in total. The van der Waals surface area contributed by atoms with Gasteiger partial charge in [-0.3, -0.25) is 5.41 Å². The first-order chi connectivity index (χ1) is 8.69. The zero-order valence-corrected chi connectivity index (χ0v) is 10.7. The molecule has 0 atom stereocenters. The Morgan fingerprint density at radius 1 is 1.39 bits per heavy atom. The molecule has 1 aromatic carbocycles. The number of amidine groups is 1. The van der Waals surface area contributed by atoms with Gasteiger partial charge < -0.3 is 15.2 Å². The summed E-state index contributed by atoms with van der Waals surface area (Å²) in [5.41, 5.74) is 6.03. The number of hydrogen-bond donors (Lipinski definition) is 2. The average Bonchev–Trinajstić information content (AvgIpc) is 2.89. The number of aromatic nitrogens is 1. The monoisotopic (exact) mass is 263 g/mol. The van der Waals surface area contributed by atoms with Crippen LogP contribution in [0, 0.1) is 5.41 Å². The first-order valence-corrected chi connectivity index (χ1v) is 6.11. The van der Waals surface area contributed by atoms with Gasteiger partial charge in [-0.1, -0.05) is 0 Å². The van der Waals surface area contributed by atoms with Crippen molar-refractivity contribution in [2.45, 2.75) is 6.61 Å². The number of hydrogen-bond acceptors (Lipinski definition) is 5. The molecule has 1 aromatic heterocycles. The van der Waals surface area contributed by atoms with Crippen molar-refractivity contribution in [3.63, 3.8) is 0 Å². The van der Waals surface area contributed by atoms with Crippen molar-refractivity contribution in [1.82, 2.24) is 4.98 Å². The molecule has 0 spiro atoms. The molecular formula is C12H13N3O2S. The maximum Gasteiger partial charge on any atom is 0.140 e. The Morgan fingerprint density at radius 3 is 2.78 bits per heavy atom. The van der Waals surface area contributed by atoms with E-state index in [1.54, 1.807) is 31.5 Å². The minimum absolute atomic E-state index is 0.0204. The van der Waals surface area contributed by atoms with Crippen LogP contribution in [0.2, 0.25) is 0 Å². The molecule has 0 radical (unpaired) electrons. The van der Waals surface area contributed by atoms with Gasteiger partial charge >= 0.3 is 0 Å². The third-order valence-electron chi connectivity index (χ3n) is 2.27. The molecule has 18 heavy (non-hydrogen) atoms. The predicted molar refractivity (Wildman–Crippen MR) is 70.5 cm³/mol. The highest BCUT2D eigenvalue weighted by Gasteiger charge is 2.05. The van der Waals surface area contributed by atoms with E-state index in [1.807, 2.05) is 5.38 Å². The minimum atomic E-state index is -0.0204. The molecule has 1 heterocycles. The first-order valence-electron chi connectivity index (χ1n) is 5.23. The van der Waals surface area contributed by atoms with Crippen LogP contribution in [0.4, 0.5) is 0 Å². The molecule has 0 aliphatic heterocycles. The quantitative estimate of drug-likeness (QED) is 0.638. The number of ether oxygens (including phenoxy) is 2. The van der Waals surface area contributed by atoms with E-state index >= 15 is 0 Å². The van der Waals surface area contributed by atoms with Crippen molar-refractivity contribution in [1.29, 1.82) is 5.41 Å². The van der Waals surface area contributed by atoms with Gasteiger partial charge in [0.15, 0.2) is 0 Å². The summed E-state index contributed by atoms with van der Waals surface area (Å²) in [5, 5.41) is 10.2.